The number of hydrazine groups is 1. The van der Waals surface area contributed by atoms with Gasteiger partial charge in [-0.15, -0.1) is 11.3 Å². The highest BCUT2D eigenvalue weighted by Gasteiger charge is 2.29. The summed E-state index contributed by atoms with van der Waals surface area (Å²) in [4.78, 5) is 24.5. The number of thiophene rings is 1. The van der Waals surface area contributed by atoms with E-state index in [4.69, 9.17) is 4.74 Å². The first-order chi connectivity index (χ1) is 12.7. The van der Waals surface area contributed by atoms with E-state index in [1.807, 2.05) is 0 Å². The Morgan fingerprint density at radius 2 is 1.74 bits per heavy atom. The molecule has 0 aliphatic heterocycles. The summed E-state index contributed by atoms with van der Waals surface area (Å²) in [5.41, 5.74) is 4.86. The fourth-order valence-corrected chi connectivity index (χ4v) is 4.50. The summed E-state index contributed by atoms with van der Waals surface area (Å²) in [6, 6.07) is 8.32. The fourth-order valence-electron chi connectivity index (χ4n) is 2.14. The van der Waals surface area contributed by atoms with E-state index in [-0.39, 0.29) is 10.1 Å². The molecule has 0 spiro atoms. The van der Waals surface area contributed by atoms with Gasteiger partial charge >= 0.3 is 0 Å². The summed E-state index contributed by atoms with van der Waals surface area (Å²) in [6.07, 6.45) is 0. The molecule has 2 rings (SSSR count). The minimum atomic E-state index is -3.82. The molecule has 0 saturated heterocycles. The van der Waals surface area contributed by atoms with Crippen molar-refractivity contribution in [2.45, 2.75) is 24.1 Å². The Hall–Kier alpha value is -2.43. The highest BCUT2D eigenvalue weighted by atomic mass is 32.2. The number of methoxy groups -OCH3 is 1. The third kappa shape index (κ3) is 5.52. The molecule has 2 aromatic rings. The Labute approximate surface area is 162 Å². The van der Waals surface area contributed by atoms with Gasteiger partial charge in [-0.1, -0.05) is 19.9 Å². The van der Waals surface area contributed by atoms with Crippen LogP contribution in [0.15, 0.2) is 46.0 Å². The predicted molar refractivity (Wildman–Crippen MR) is 102 cm³/mol. The molecule has 0 unspecified atom stereocenters. The van der Waals surface area contributed by atoms with Crippen LogP contribution in [0.25, 0.3) is 0 Å². The molecule has 2 amide bonds. The van der Waals surface area contributed by atoms with Crippen LogP contribution >= 0.6 is 11.3 Å². The normalized spacial score (nSPS) is 12.4. The molecule has 146 valence electrons. The average Bonchev–Trinajstić information content (AvgIpc) is 3.19. The number of ether oxygens (including phenoxy) is 1. The number of carbonyl (C=O) groups is 2. The van der Waals surface area contributed by atoms with Crippen molar-refractivity contribution in [2.24, 2.45) is 5.92 Å². The maximum Gasteiger partial charge on any atom is 0.269 e. The van der Waals surface area contributed by atoms with Crippen molar-refractivity contribution in [1.29, 1.82) is 0 Å². The number of sulfonamides is 1. The number of rotatable bonds is 7. The van der Waals surface area contributed by atoms with E-state index in [1.54, 1.807) is 49.6 Å². The molecule has 8 nitrogen and oxygen atoms in total. The maximum absolute atomic E-state index is 12.4. The Morgan fingerprint density at radius 1 is 1.07 bits per heavy atom. The molecule has 1 aromatic carbocycles. The highest BCUT2D eigenvalue weighted by Crippen LogP contribution is 2.17. The number of amides is 2. The molecular weight excluding hydrogens is 390 g/mol. The van der Waals surface area contributed by atoms with Crippen molar-refractivity contribution >= 4 is 33.2 Å². The largest absolute Gasteiger partial charge is 0.497 e. The van der Waals surface area contributed by atoms with Crippen LogP contribution in [0, 0.1) is 5.92 Å². The second kappa shape index (κ2) is 8.98. The number of carbonyl (C=O) groups excluding carboxylic acids is 2. The van der Waals surface area contributed by atoms with Gasteiger partial charge in [0.2, 0.25) is 0 Å². The number of benzene rings is 1. The van der Waals surface area contributed by atoms with E-state index in [0.717, 1.165) is 11.3 Å². The van der Waals surface area contributed by atoms with Gasteiger partial charge in [0.1, 0.15) is 16.0 Å². The van der Waals surface area contributed by atoms with Crippen molar-refractivity contribution < 1.29 is 22.7 Å². The second-order valence-corrected chi connectivity index (χ2v) is 8.84. The van der Waals surface area contributed by atoms with Crippen LogP contribution in [-0.2, 0) is 14.8 Å². The summed E-state index contributed by atoms with van der Waals surface area (Å²) >= 11 is 1.05. The first-order valence-electron chi connectivity index (χ1n) is 8.04. The van der Waals surface area contributed by atoms with Crippen LogP contribution in [-0.4, -0.2) is 33.4 Å². The smallest absolute Gasteiger partial charge is 0.269 e. The van der Waals surface area contributed by atoms with Gasteiger partial charge in [-0.2, -0.15) is 4.72 Å². The number of hydrogen-bond acceptors (Lipinski definition) is 6. The Morgan fingerprint density at radius 3 is 2.26 bits per heavy atom. The van der Waals surface area contributed by atoms with Crippen molar-refractivity contribution in [2.75, 3.05) is 7.11 Å². The van der Waals surface area contributed by atoms with E-state index in [2.05, 4.69) is 15.6 Å². The maximum atomic E-state index is 12.4. The summed E-state index contributed by atoms with van der Waals surface area (Å²) in [6.45, 7) is 3.40. The summed E-state index contributed by atoms with van der Waals surface area (Å²) in [7, 11) is -2.31. The van der Waals surface area contributed by atoms with Crippen LogP contribution in [0.2, 0.25) is 0 Å². The van der Waals surface area contributed by atoms with Crippen molar-refractivity contribution in [1.82, 2.24) is 15.6 Å². The minimum Gasteiger partial charge on any atom is -0.497 e. The molecule has 0 saturated carbocycles. The van der Waals surface area contributed by atoms with E-state index < -0.39 is 27.9 Å². The van der Waals surface area contributed by atoms with Gasteiger partial charge in [0.15, 0.2) is 0 Å². The lowest BCUT2D eigenvalue weighted by Crippen LogP contribution is -2.54. The van der Waals surface area contributed by atoms with Gasteiger partial charge < -0.3 is 4.74 Å². The lowest BCUT2D eigenvalue weighted by Gasteiger charge is -2.21. The van der Waals surface area contributed by atoms with Crippen LogP contribution in [0.1, 0.15) is 24.2 Å². The second-order valence-electron chi connectivity index (χ2n) is 5.95. The number of nitrogens with one attached hydrogen (secondary N) is 3. The molecule has 0 bridgehead atoms. The average molecular weight is 412 g/mol. The first-order valence-corrected chi connectivity index (χ1v) is 10.4. The van der Waals surface area contributed by atoms with E-state index in [0.29, 0.717) is 11.3 Å². The van der Waals surface area contributed by atoms with E-state index >= 15 is 0 Å². The first kappa shape index (κ1) is 20.9. The number of hydrogen-bond donors (Lipinski definition) is 3. The van der Waals surface area contributed by atoms with E-state index in [1.165, 1.54) is 13.2 Å². The summed E-state index contributed by atoms with van der Waals surface area (Å²) in [5, 5.41) is 1.63. The van der Waals surface area contributed by atoms with Crippen molar-refractivity contribution in [3.05, 3.63) is 47.3 Å². The molecule has 27 heavy (non-hydrogen) atoms. The topological polar surface area (TPSA) is 114 Å². The van der Waals surface area contributed by atoms with Crippen LogP contribution < -0.4 is 20.3 Å². The third-order valence-corrected chi connectivity index (χ3v) is 6.48. The molecule has 0 fully saturated rings. The van der Waals surface area contributed by atoms with Gasteiger partial charge in [-0.3, -0.25) is 20.4 Å². The highest BCUT2D eigenvalue weighted by molar-refractivity contribution is 7.91. The lowest BCUT2D eigenvalue weighted by atomic mass is 10.1. The monoisotopic (exact) mass is 411 g/mol. The molecule has 0 aliphatic rings. The lowest BCUT2D eigenvalue weighted by molar-refractivity contribution is -0.124. The van der Waals surface area contributed by atoms with Gasteiger partial charge in [0.05, 0.1) is 7.11 Å². The predicted octanol–water partition coefficient (Wildman–Crippen LogP) is 1.52. The third-order valence-electron chi connectivity index (χ3n) is 3.64. The SMILES string of the molecule is COc1ccc(C(=O)NNC(=O)[C@H](NS(=O)(=O)c2cccs2)C(C)C)cc1. The zero-order chi connectivity index (χ0) is 20.0. The zero-order valence-corrected chi connectivity index (χ0v) is 16.7. The Balaban J connectivity index is 2.01. The van der Waals surface area contributed by atoms with Gasteiger partial charge in [0.25, 0.3) is 21.8 Å². The molecule has 1 heterocycles. The van der Waals surface area contributed by atoms with Gasteiger partial charge in [0, 0.05) is 5.56 Å². The summed E-state index contributed by atoms with van der Waals surface area (Å²) in [5.74, 6) is -0.933. The fraction of sp³-hybridized carbons (Fsp3) is 0.294. The van der Waals surface area contributed by atoms with Crippen LogP contribution in [0.4, 0.5) is 0 Å². The molecule has 10 heteroatoms. The quantitative estimate of drug-likeness (QED) is 0.598. The van der Waals surface area contributed by atoms with Crippen molar-refractivity contribution in [3.8, 4) is 5.75 Å². The van der Waals surface area contributed by atoms with E-state index in [9.17, 15) is 18.0 Å². The van der Waals surface area contributed by atoms with Crippen molar-refractivity contribution in [3.63, 3.8) is 0 Å². The van der Waals surface area contributed by atoms with Crippen LogP contribution in [0.5, 0.6) is 5.75 Å². The molecule has 0 radical (unpaired) electrons. The van der Waals surface area contributed by atoms with Crippen LogP contribution in [0.3, 0.4) is 0 Å². The standard InChI is InChI=1S/C17H21N3O5S2/c1-11(2)15(20-27(23,24)14-5-4-10-26-14)17(22)19-18-16(21)12-6-8-13(25-3)9-7-12/h4-11,15,20H,1-3H3,(H,18,21)(H,19,22)/t15-/m1/s1. The molecule has 3 N–H and O–H groups in total. The molecule has 1 aromatic heterocycles. The Kier molecular flexibility index (Phi) is 6.94. The molecule has 0 aliphatic carbocycles. The molecule has 1 atom stereocenters. The van der Waals surface area contributed by atoms with Gasteiger partial charge in [-0.05, 0) is 41.6 Å². The zero-order valence-electron chi connectivity index (χ0n) is 15.1. The minimum absolute atomic E-state index is 0.114. The summed E-state index contributed by atoms with van der Waals surface area (Å²) < 4.78 is 32.2. The molecular formula is C17H21N3O5S2. The Bertz CT molecular complexity index is 878. The van der Waals surface area contributed by atoms with Gasteiger partial charge in [-0.25, -0.2) is 8.42 Å².